The monoisotopic (exact) mass is 827 g/mol. The second-order valence-corrected chi connectivity index (χ2v) is 18.0. The van der Waals surface area contributed by atoms with Crippen LogP contribution < -0.4 is 16.4 Å². The average Bonchev–Trinajstić information content (AvgIpc) is 3.52. The number of ketones is 1. The summed E-state index contributed by atoms with van der Waals surface area (Å²) >= 11 is 1.68. The number of esters is 1. The summed E-state index contributed by atoms with van der Waals surface area (Å²) in [6.45, 7) is 31.6. The number of carboxylic acid groups (broad SMARTS) is 1. The number of aliphatic carboxylic acids is 1. The van der Waals surface area contributed by atoms with Gasteiger partial charge in [-0.3, -0.25) is 19.2 Å². The van der Waals surface area contributed by atoms with Gasteiger partial charge in [-0.25, -0.2) is 4.98 Å². The molecule has 57 heavy (non-hydrogen) atoms. The van der Waals surface area contributed by atoms with Crippen LogP contribution in [-0.2, 0) is 28.7 Å². The third-order valence-corrected chi connectivity index (χ3v) is 9.42. The lowest BCUT2D eigenvalue weighted by molar-refractivity contribution is -0.153. The first kappa shape index (κ1) is 58.6. The van der Waals surface area contributed by atoms with Crippen molar-refractivity contribution in [1.82, 2.24) is 15.6 Å². The van der Waals surface area contributed by atoms with Gasteiger partial charge in [0.2, 0.25) is 5.91 Å². The molecule has 1 aliphatic rings. The van der Waals surface area contributed by atoms with Gasteiger partial charge in [0.25, 0.3) is 0 Å². The van der Waals surface area contributed by atoms with E-state index in [1.165, 1.54) is 25.7 Å². The van der Waals surface area contributed by atoms with Crippen molar-refractivity contribution < 1.29 is 33.8 Å². The Hall–Kier alpha value is -2.67. The minimum Gasteiger partial charge on any atom is -0.480 e. The molecule has 1 saturated heterocycles. The molecule has 2 rings (SSSR count). The normalized spacial score (nSPS) is 21.2. The molecule has 0 saturated carbocycles. The molecule has 1 aromatic rings. The van der Waals surface area contributed by atoms with Crippen LogP contribution in [0.1, 0.15) is 172 Å². The maximum Gasteiger partial charge on any atom is 0.320 e. The third-order valence-electron chi connectivity index (χ3n) is 8.63. The number of aromatic nitrogens is 1. The van der Waals surface area contributed by atoms with Gasteiger partial charge in [0.15, 0.2) is 0 Å². The molecule has 1 fully saturated rings. The third kappa shape index (κ3) is 36.2. The van der Waals surface area contributed by atoms with Crippen LogP contribution in [-0.4, -0.2) is 77.2 Å². The number of thiazole rings is 1. The van der Waals surface area contributed by atoms with Gasteiger partial charge in [-0.2, -0.15) is 0 Å². The molecule has 0 aliphatic carbocycles. The number of nitrogens with two attached hydrogens (primary N) is 1. The van der Waals surface area contributed by atoms with Crippen LogP contribution in [0.5, 0.6) is 0 Å². The Balaban J connectivity index is -0.000000807. The van der Waals surface area contributed by atoms with E-state index in [2.05, 4.69) is 62.5 Å². The van der Waals surface area contributed by atoms with Crippen LogP contribution in [0.4, 0.5) is 0 Å². The lowest BCUT2D eigenvalue weighted by Crippen LogP contribution is -2.43. The molecule has 5 atom stereocenters. The fraction of sp³-hybridized carbons (Fsp3) is 0.800. The Morgan fingerprint density at radius 2 is 1.56 bits per heavy atom. The van der Waals surface area contributed by atoms with Crippen molar-refractivity contribution in [2.45, 2.75) is 185 Å². The van der Waals surface area contributed by atoms with Crippen molar-refractivity contribution in [2.24, 2.45) is 29.4 Å². The summed E-state index contributed by atoms with van der Waals surface area (Å²) in [4.78, 5) is 51.4. The molecule has 1 aliphatic heterocycles. The molecule has 11 nitrogen and oxygen atoms in total. The number of amides is 1. The molecule has 0 bridgehead atoms. The summed E-state index contributed by atoms with van der Waals surface area (Å²) in [5.41, 5.74) is 6.07. The molecule has 12 heteroatoms. The van der Waals surface area contributed by atoms with Gasteiger partial charge >= 0.3 is 11.9 Å². The summed E-state index contributed by atoms with van der Waals surface area (Å²) in [6.07, 6.45) is 12.8. The minimum atomic E-state index is -0.834. The van der Waals surface area contributed by atoms with E-state index in [-0.39, 0.29) is 48.3 Å². The Kier molecular flexibility index (Phi) is 35.2. The number of allylic oxidation sites excluding steroid dienone is 1. The molecule has 0 radical (unpaired) electrons. The number of carbonyl (C=O) groups excluding carboxylic acids is 3. The van der Waals surface area contributed by atoms with Crippen LogP contribution in [0.3, 0.4) is 0 Å². The Morgan fingerprint density at radius 3 is 2.05 bits per heavy atom. The number of carbonyl (C=O) groups is 4. The second kappa shape index (κ2) is 34.2. The molecule has 0 spiro atoms. The van der Waals surface area contributed by atoms with Crippen molar-refractivity contribution in [2.75, 3.05) is 26.2 Å². The predicted octanol–water partition coefficient (Wildman–Crippen LogP) is 9.79. The number of hydrogen-bond donors (Lipinski definition) is 4. The van der Waals surface area contributed by atoms with Crippen LogP contribution in [0.15, 0.2) is 11.5 Å². The van der Waals surface area contributed by atoms with Gasteiger partial charge in [0, 0.05) is 30.0 Å². The maximum absolute atomic E-state index is 12.9. The zero-order chi connectivity index (χ0) is 44.6. The predicted molar refractivity (Wildman–Crippen MR) is 239 cm³/mol. The van der Waals surface area contributed by atoms with Gasteiger partial charge in [0.05, 0.1) is 41.7 Å². The Bertz CT molecular complexity index is 1230. The number of rotatable bonds is 9. The van der Waals surface area contributed by atoms with E-state index in [4.69, 9.17) is 20.3 Å². The van der Waals surface area contributed by atoms with Crippen LogP contribution in [0.25, 0.3) is 6.08 Å². The molecular weight excluding hydrogens is 741 g/mol. The van der Waals surface area contributed by atoms with Crippen molar-refractivity contribution in [3.05, 3.63) is 22.2 Å². The first-order valence-corrected chi connectivity index (χ1v) is 22.3. The van der Waals surface area contributed by atoms with Crippen LogP contribution in [0.2, 0.25) is 0 Å². The van der Waals surface area contributed by atoms with Crippen molar-refractivity contribution in [3.8, 4) is 0 Å². The minimum absolute atomic E-state index is 0.00350. The highest BCUT2D eigenvalue weighted by Gasteiger charge is 2.32. The van der Waals surface area contributed by atoms with Gasteiger partial charge in [-0.15, -0.1) is 11.3 Å². The highest BCUT2D eigenvalue weighted by atomic mass is 32.1. The lowest BCUT2D eigenvalue weighted by Gasteiger charge is -2.28. The number of nitrogens with one attached hydrogen (secondary N) is 2. The van der Waals surface area contributed by atoms with Gasteiger partial charge in [-0.05, 0) is 92.1 Å². The zero-order valence-corrected chi connectivity index (χ0v) is 39.7. The summed E-state index contributed by atoms with van der Waals surface area (Å²) < 4.78 is 10.9. The number of Topliss-reactive ketones (excluding diaryl/α,β-unsaturated/α-hetero) is 1. The molecule has 2 heterocycles. The van der Waals surface area contributed by atoms with Crippen LogP contribution >= 0.6 is 11.3 Å². The van der Waals surface area contributed by atoms with E-state index in [1.54, 1.807) is 18.3 Å². The number of aryl methyl sites for hydroxylation is 1. The second-order valence-electron chi connectivity index (χ2n) is 16.9. The van der Waals surface area contributed by atoms with Crippen molar-refractivity contribution in [1.29, 1.82) is 0 Å². The first-order chi connectivity index (χ1) is 26.5. The van der Waals surface area contributed by atoms with Gasteiger partial charge < -0.3 is 30.9 Å². The quantitative estimate of drug-likeness (QED) is 0.176. The molecule has 4 unspecified atom stereocenters. The van der Waals surface area contributed by atoms with Gasteiger partial charge in [0.1, 0.15) is 11.9 Å². The molecule has 1 amide bonds. The van der Waals surface area contributed by atoms with E-state index in [0.29, 0.717) is 25.0 Å². The highest BCUT2D eigenvalue weighted by molar-refractivity contribution is 7.09. The molecule has 0 aromatic carbocycles. The molecule has 334 valence electrons. The topological polar surface area (TPSA) is 170 Å². The highest BCUT2D eigenvalue weighted by Crippen LogP contribution is 2.25. The average molecular weight is 827 g/mol. The Labute approximate surface area is 352 Å². The fourth-order valence-electron chi connectivity index (χ4n) is 5.54. The molecular formula is C45H86N4O7S. The van der Waals surface area contributed by atoms with E-state index in [9.17, 15) is 19.2 Å². The SMILES string of the molecule is C/C=C\c1csc(C)n1.CC(C)(CCOC(C)(C)C)NCC(=O)O.CC1CCCNC(=O)CC(OC(=O)CN)C(C)C(=O)[C@H](C)CC(C)CCC1.CCC.CCC. The van der Waals surface area contributed by atoms with E-state index < -0.39 is 24.0 Å². The van der Waals surface area contributed by atoms with Crippen molar-refractivity contribution in [3.63, 3.8) is 0 Å². The van der Waals surface area contributed by atoms with Crippen LogP contribution in [0, 0.1) is 30.6 Å². The number of ether oxygens (including phenoxy) is 2. The standard InChI is InChI=1S/C21H38N2O4.C11H23NO3.C7H9NS.2C3H8/c1-14-7-5-8-15(2)11-16(3)21(26)17(4)18(27-20(25)13-22)12-19(24)23-10-6-9-14;1-10(2,3)15-7-6-11(4,5)12-8-9(13)14;1-3-4-7-5-9-6(2)8-7;2*1-3-2/h14-18H,5-13,22H2,1-4H3,(H,23,24);12H,6-8H2,1-5H3,(H,13,14);3-5H,1-2H3;2*3H2,1-2H3/b;;4-3-;;/t14?,15?,16-,17?,18?;;;;/m1..../s1. The van der Waals surface area contributed by atoms with Crippen molar-refractivity contribution >= 4 is 41.0 Å². The number of hydrogen-bond acceptors (Lipinski definition) is 10. The summed E-state index contributed by atoms with van der Waals surface area (Å²) in [6, 6.07) is 0. The molecule has 5 N–H and O–H groups in total. The summed E-state index contributed by atoms with van der Waals surface area (Å²) in [5, 5.41) is 17.6. The fourth-order valence-corrected chi connectivity index (χ4v) is 6.12. The zero-order valence-electron chi connectivity index (χ0n) is 38.8. The summed E-state index contributed by atoms with van der Waals surface area (Å²) in [5.74, 6) is -1.10. The smallest absolute Gasteiger partial charge is 0.320 e. The first-order valence-electron chi connectivity index (χ1n) is 21.4. The van der Waals surface area contributed by atoms with E-state index in [0.717, 1.165) is 42.8 Å². The lowest BCUT2D eigenvalue weighted by atomic mass is 9.83. The molecule has 1 aromatic heterocycles. The number of nitrogens with zero attached hydrogens (tertiary/aromatic N) is 1. The summed E-state index contributed by atoms with van der Waals surface area (Å²) in [7, 11) is 0. The van der Waals surface area contributed by atoms with E-state index >= 15 is 0 Å². The number of carboxylic acids is 1. The van der Waals surface area contributed by atoms with Gasteiger partial charge in [-0.1, -0.05) is 93.6 Å². The van der Waals surface area contributed by atoms with E-state index in [1.807, 2.05) is 67.5 Å². The largest absolute Gasteiger partial charge is 0.480 e. The maximum atomic E-state index is 12.9. The Morgan fingerprint density at radius 1 is 1.00 bits per heavy atom.